The van der Waals surface area contributed by atoms with Crippen molar-refractivity contribution in [2.45, 2.75) is 17.3 Å². The topological polar surface area (TPSA) is 82.2 Å². The van der Waals surface area contributed by atoms with Gasteiger partial charge in [-0.3, -0.25) is 4.79 Å². The highest BCUT2D eigenvalue weighted by molar-refractivity contribution is 8.00. The first-order valence-electron chi connectivity index (χ1n) is 5.03. The molecule has 0 aliphatic rings. The van der Waals surface area contributed by atoms with Crippen molar-refractivity contribution in [3.8, 4) is 0 Å². The van der Waals surface area contributed by atoms with Crippen molar-refractivity contribution in [2.75, 3.05) is 0 Å². The number of hydrogen-bond acceptors (Lipinski definition) is 3. The summed E-state index contributed by atoms with van der Waals surface area (Å²) < 4.78 is 0. The Balaban J connectivity index is 2.18. The van der Waals surface area contributed by atoms with E-state index in [0.29, 0.717) is 5.16 Å². The monoisotopic (exact) mass is 246 g/mol. The van der Waals surface area contributed by atoms with Gasteiger partial charge in [0.05, 0.1) is 16.3 Å². The number of benzene rings is 1. The molecule has 86 valence electrons. The minimum Gasteiger partial charge on any atom is -0.361 e. The van der Waals surface area contributed by atoms with Crippen molar-refractivity contribution in [1.82, 2.24) is 9.97 Å². The molecule has 2 rings (SSSR count). The molecule has 1 heterocycles. The molecular weight excluding hydrogens is 236 g/mol. The molecule has 0 saturated carbocycles. The maximum absolute atomic E-state index is 11.4. The number of aromatic amines is 1. The second-order valence-electron chi connectivity index (χ2n) is 3.47. The molecule has 1 unspecified atom stereocenters. The van der Waals surface area contributed by atoms with Crippen molar-refractivity contribution in [2.24, 2.45) is 0 Å². The second-order valence-corrected chi connectivity index (χ2v) is 4.80. The van der Waals surface area contributed by atoms with Crippen LogP contribution in [0, 0.1) is 0 Å². The molecule has 0 saturated heterocycles. The van der Waals surface area contributed by atoms with Crippen molar-refractivity contribution in [3.05, 3.63) is 29.8 Å². The Morgan fingerprint density at radius 1 is 1.59 bits per heavy atom. The Labute approximate surface area is 102 Å². The zero-order valence-electron chi connectivity index (χ0n) is 9.12. The normalized spacial score (nSPS) is 12.1. The largest absolute Gasteiger partial charge is 0.361 e. The van der Waals surface area contributed by atoms with E-state index >= 15 is 0 Å². The first kappa shape index (κ1) is 11.6. The van der Waals surface area contributed by atoms with Crippen molar-refractivity contribution in [1.29, 1.82) is 0 Å². The first-order valence-corrected chi connectivity index (χ1v) is 5.91. The van der Waals surface area contributed by atoms with Crippen LogP contribution in [0.1, 0.15) is 6.92 Å². The molecule has 0 spiro atoms. The van der Waals surface area contributed by atoms with Gasteiger partial charge in [0.1, 0.15) is 0 Å². The van der Waals surface area contributed by atoms with E-state index in [4.69, 9.17) is 5.53 Å². The Hall–Kier alpha value is -1.91. The van der Waals surface area contributed by atoms with Gasteiger partial charge in [0.25, 0.3) is 0 Å². The lowest BCUT2D eigenvalue weighted by atomic mass is 10.3. The van der Waals surface area contributed by atoms with E-state index in [1.165, 1.54) is 11.8 Å². The summed E-state index contributed by atoms with van der Waals surface area (Å²) in [6.45, 7) is 1.74. The van der Waals surface area contributed by atoms with Gasteiger partial charge in [-0.15, -0.1) is 0 Å². The standard InChI is InChI=1S/C11H10N4OS/c1-7(10(16)6-13-12)17-11-14-8-4-2-3-5-9(8)15-11/h2-7H,1H3,(H,14,15). The van der Waals surface area contributed by atoms with Crippen LogP contribution in [-0.2, 0) is 4.79 Å². The quantitative estimate of drug-likeness (QED) is 0.387. The Bertz CT molecular complexity index is 567. The number of nitrogens with one attached hydrogen (secondary N) is 1. The molecule has 0 aliphatic carbocycles. The lowest BCUT2D eigenvalue weighted by Crippen LogP contribution is -2.14. The van der Waals surface area contributed by atoms with Gasteiger partial charge in [-0.25, -0.2) is 4.98 Å². The number of Topliss-reactive ketones (excluding diaryl/α,β-unsaturated/α-hetero) is 1. The van der Waals surface area contributed by atoms with Crippen molar-refractivity contribution in [3.63, 3.8) is 0 Å². The van der Waals surface area contributed by atoms with E-state index < -0.39 is 0 Å². The summed E-state index contributed by atoms with van der Waals surface area (Å²) >= 11 is 1.30. The molecule has 1 aromatic carbocycles. The summed E-state index contributed by atoms with van der Waals surface area (Å²) in [4.78, 5) is 21.6. The number of carbonyl (C=O) groups is 1. The summed E-state index contributed by atoms with van der Waals surface area (Å²) in [5, 5.41) is 0.338. The fourth-order valence-corrected chi connectivity index (χ4v) is 2.20. The van der Waals surface area contributed by atoms with E-state index in [0.717, 1.165) is 17.2 Å². The van der Waals surface area contributed by atoms with Crippen LogP contribution in [0.15, 0.2) is 29.4 Å². The lowest BCUT2D eigenvalue weighted by molar-refractivity contribution is -0.115. The predicted octanol–water partition coefficient (Wildman–Crippen LogP) is 1.91. The molecular formula is C11H10N4OS. The Morgan fingerprint density at radius 3 is 3.06 bits per heavy atom. The van der Waals surface area contributed by atoms with Gasteiger partial charge in [0.2, 0.25) is 5.78 Å². The third-order valence-corrected chi connectivity index (χ3v) is 3.24. The number of imidazole rings is 1. The van der Waals surface area contributed by atoms with Gasteiger partial charge in [-0.05, 0) is 19.1 Å². The zero-order valence-corrected chi connectivity index (χ0v) is 9.94. The van der Waals surface area contributed by atoms with Gasteiger partial charge < -0.3 is 10.5 Å². The lowest BCUT2D eigenvalue weighted by Gasteiger charge is -2.00. The molecule has 1 atom stereocenters. The number of aromatic nitrogens is 2. The molecule has 0 aliphatic heterocycles. The first-order chi connectivity index (χ1) is 8.20. The van der Waals surface area contributed by atoms with E-state index in [1.54, 1.807) is 6.92 Å². The van der Waals surface area contributed by atoms with Crippen LogP contribution >= 0.6 is 11.8 Å². The molecule has 5 nitrogen and oxygen atoms in total. The molecule has 0 radical (unpaired) electrons. The zero-order chi connectivity index (χ0) is 12.3. The molecule has 0 amide bonds. The molecule has 1 aromatic heterocycles. The molecule has 6 heteroatoms. The van der Waals surface area contributed by atoms with Crippen LogP contribution in [0.2, 0.25) is 0 Å². The number of carbonyl (C=O) groups excluding carboxylic acids is 1. The minimum absolute atomic E-state index is 0.252. The number of nitrogens with zero attached hydrogens (tertiary/aromatic N) is 3. The van der Waals surface area contributed by atoms with Crippen molar-refractivity contribution < 1.29 is 9.58 Å². The highest BCUT2D eigenvalue weighted by atomic mass is 32.2. The number of ketones is 1. The summed E-state index contributed by atoms with van der Waals surface area (Å²) in [7, 11) is 0. The van der Waals surface area contributed by atoms with Crippen molar-refractivity contribution >= 4 is 34.8 Å². The average molecular weight is 246 g/mol. The summed E-state index contributed by atoms with van der Waals surface area (Å²) in [6.07, 6.45) is 0.903. The number of rotatable bonds is 4. The number of thioether (sulfide) groups is 1. The molecule has 0 fully saturated rings. The summed E-state index contributed by atoms with van der Waals surface area (Å²) in [5.74, 6) is -0.252. The number of hydrogen-bond donors (Lipinski definition) is 1. The smallest absolute Gasteiger partial charge is 0.324 e. The minimum atomic E-state index is -0.341. The van der Waals surface area contributed by atoms with E-state index in [9.17, 15) is 4.79 Å². The average Bonchev–Trinajstić information content (AvgIpc) is 2.71. The Kier molecular flexibility index (Phi) is 3.37. The molecule has 0 bridgehead atoms. The SMILES string of the molecule is CC(Sc1nc2ccccc2[nH]1)C(=O)C=[N+]=[N-]. The van der Waals surface area contributed by atoms with Gasteiger partial charge in [0, 0.05) is 0 Å². The van der Waals surface area contributed by atoms with Crippen LogP contribution in [0.4, 0.5) is 0 Å². The fourth-order valence-electron chi connectivity index (χ4n) is 1.37. The van der Waals surface area contributed by atoms with Gasteiger partial charge >= 0.3 is 6.21 Å². The van der Waals surface area contributed by atoms with E-state index in [-0.39, 0.29) is 11.0 Å². The van der Waals surface area contributed by atoms with Crippen LogP contribution in [0.25, 0.3) is 16.6 Å². The maximum Gasteiger partial charge on any atom is 0.324 e. The third-order valence-electron chi connectivity index (χ3n) is 2.24. The van der Waals surface area contributed by atoms with Crippen LogP contribution in [-0.4, -0.2) is 32.0 Å². The van der Waals surface area contributed by atoms with Gasteiger partial charge in [0.15, 0.2) is 5.16 Å². The third kappa shape index (κ3) is 2.61. The van der Waals surface area contributed by atoms with Gasteiger partial charge in [-0.1, -0.05) is 23.9 Å². The second kappa shape index (κ2) is 4.95. The number of para-hydroxylation sites is 2. The van der Waals surface area contributed by atoms with Crippen LogP contribution < -0.4 is 0 Å². The molecule has 2 aromatic rings. The highest BCUT2D eigenvalue weighted by Gasteiger charge is 2.17. The highest BCUT2D eigenvalue weighted by Crippen LogP contribution is 2.23. The summed E-state index contributed by atoms with van der Waals surface area (Å²) in [6, 6.07) is 7.65. The van der Waals surface area contributed by atoms with E-state index in [2.05, 4.69) is 14.8 Å². The maximum atomic E-state index is 11.4. The predicted molar refractivity (Wildman–Crippen MR) is 66.1 cm³/mol. The number of H-pyrrole nitrogens is 1. The van der Waals surface area contributed by atoms with Crippen LogP contribution in [0.3, 0.4) is 0 Å². The summed E-state index contributed by atoms with van der Waals surface area (Å²) in [5.41, 5.74) is 10.1. The number of fused-ring (bicyclic) bond motifs is 1. The fraction of sp³-hybridized carbons (Fsp3) is 0.182. The van der Waals surface area contributed by atoms with Gasteiger partial charge in [-0.2, -0.15) is 4.79 Å². The molecule has 1 N–H and O–H groups in total. The van der Waals surface area contributed by atoms with E-state index in [1.807, 2.05) is 24.3 Å². The van der Waals surface area contributed by atoms with Crippen LogP contribution in [0.5, 0.6) is 0 Å². The molecule has 17 heavy (non-hydrogen) atoms. The Morgan fingerprint density at radius 2 is 2.35 bits per heavy atom.